The minimum atomic E-state index is -0.323. The van der Waals surface area contributed by atoms with Gasteiger partial charge in [0, 0.05) is 0 Å². The number of methoxy groups -OCH3 is 1. The molecule has 0 heterocycles. The van der Waals surface area contributed by atoms with Gasteiger partial charge in [-0.05, 0) is 17.7 Å². The highest BCUT2D eigenvalue weighted by Crippen LogP contribution is 2.21. The monoisotopic (exact) mass is 186 g/mol. The van der Waals surface area contributed by atoms with Crippen molar-refractivity contribution in [2.24, 2.45) is 0 Å². The first kappa shape index (κ1) is 9.36. The van der Waals surface area contributed by atoms with Crippen LogP contribution in [0.15, 0.2) is 24.3 Å². The number of benzene rings is 1. The van der Waals surface area contributed by atoms with Crippen LogP contribution < -0.4 is 4.74 Å². The molecule has 0 spiro atoms. The quantitative estimate of drug-likeness (QED) is 0.732. The van der Waals surface area contributed by atoms with Gasteiger partial charge in [0.25, 0.3) is 0 Å². The van der Waals surface area contributed by atoms with Crippen LogP contribution in [0.4, 0.5) is 0 Å². The van der Waals surface area contributed by atoms with E-state index >= 15 is 0 Å². The highest BCUT2D eigenvalue weighted by Gasteiger charge is 2.04. The van der Waals surface area contributed by atoms with Crippen LogP contribution in [0.3, 0.4) is 0 Å². The molecule has 1 unspecified atom stereocenters. The average Bonchev–Trinajstić information content (AvgIpc) is 2.17. The second-order valence-corrected chi connectivity index (χ2v) is 2.95. The summed E-state index contributed by atoms with van der Waals surface area (Å²) in [5.74, 6) is 0.792. The number of ether oxygens (including phenoxy) is 1. The fourth-order valence-corrected chi connectivity index (χ4v) is 1.06. The Labute approximate surface area is 76.7 Å². The van der Waals surface area contributed by atoms with E-state index < -0.39 is 0 Å². The zero-order valence-electron chi connectivity index (χ0n) is 6.83. The van der Waals surface area contributed by atoms with E-state index in [0.29, 0.717) is 0 Å². The van der Waals surface area contributed by atoms with Crippen molar-refractivity contribution in [2.45, 2.75) is 5.38 Å². The second-order valence-electron chi connectivity index (χ2n) is 2.42. The molecule has 0 bridgehead atoms. The summed E-state index contributed by atoms with van der Waals surface area (Å²) in [4.78, 5) is 0. The maximum atomic E-state index is 8.75. The van der Waals surface area contributed by atoms with Crippen molar-refractivity contribution in [3.05, 3.63) is 29.8 Å². The number of alkyl halides is 1. The minimum absolute atomic E-state index is 0.0477. The van der Waals surface area contributed by atoms with E-state index in [1.54, 1.807) is 7.11 Å². The number of aliphatic hydroxyl groups is 1. The first-order chi connectivity index (χ1) is 5.77. The normalized spacial score (nSPS) is 12.6. The van der Waals surface area contributed by atoms with Gasteiger partial charge in [0.15, 0.2) is 0 Å². The Balaban J connectivity index is 2.77. The van der Waals surface area contributed by atoms with Crippen molar-refractivity contribution in [2.75, 3.05) is 13.7 Å². The zero-order valence-corrected chi connectivity index (χ0v) is 7.58. The van der Waals surface area contributed by atoms with Gasteiger partial charge >= 0.3 is 0 Å². The van der Waals surface area contributed by atoms with E-state index in [1.165, 1.54) is 0 Å². The van der Waals surface area contributed by atoms with Gasteiger partial charge in [-0.3, -0.25) is 0 Å². The van der Waals surface area contributed by atoms with Gasteiger partial charge in [-0.15, -0.1) is 11.6 Å². The van der Waals surface area contributed by atoms with Gasteiger partial charge in [0.1, 0.15) is 5.75 Å². The SMILES string of the molecule is COc1ccc(C(Cl)CO)cc1. The first-order valence-electron chi connectivity index (χ1n) is 3.67. The lowest BCUT2D eigenvalue weighted by molar-refractivity contribution is 0.294. The Morgan fingerprint density at radius 2 is 2.00 bits per heavy atom. The highest BCUT2D eigenvalue weighted by atomic mass is 35.5. The van der Waals surface area contributed by atoms with E-state index in [1.807, 2.05) is 24.3 Å². The third kappa shape index (κ3) is 2.13. The van der Waals surface area contributed by atoms with Crippen LogP contribution in [0.1, 0.15) is 10.9 Å². The molecule has 0 fully saturated rings. The average molecular weight is 187 g/mol. The smallest absolute Gasteiger partial charge is 0.118 e. The third-order valence-corrected chi connectivity index (χ3v) is 2.03. The fraction of sp³-hybridized carbons (Fsp3) is 0.333. The molecule has 0 aliphatic heterocycles. The van der Waals surface area contributed by atoms with Crippen molar-refractivity contribution in [1.29, 1.82) is 0 Å². The molecule has 66 valence electrons. The molecule has 1 rings (SSSR count). The molecule has 0 aliphatic carbocycles. The summed E-state index contributed by atoms with van der Waals surface area (Å²) in [6.07, 6.45) is 0. The summed E-state index contributed by atoms with van der Waals surface area (Å²) < 4.78 is 4.98. The molecular weight excluding hydrogens is 176 g/mol. The molecule has 3 heteroatoms. The van der Waals surface area contributed by atoms with Crippen LogP contribution in [0.2, 0.25) is 0 Å². The van der Waals surface area contributed by atoms with E-state index in [-0.39, 0.29) is 12.0 Å². The van der Waals surface area contributed by atoms with Crippen LogP contribution >= 0.6 is 11.6 Å². The Morgan fingerprint density at radius 3 is 2.42 bits per heavy atom. The summed E-state index contributed by atoms with van der Waals surface area (Å²) >= 11 is 5.80. The van der Waals surface area contributed by atoms with Gasteiger partial charge in [0.05, 0.1) is 19.1 Å². The fourth-order valence-electron chi connectivity index (χ4n) is 0.918. The molecule has 0 radical (unpaired) electrons. The van der Waals surface area contributed by atoms with Crippen LogP contribution in [-0.2, 0) is 0 Å². The van der Waals surface area contributed by atoms with Crippen molar-refractivity contribution < 1.29 is 9.84 Å². The molecule has 1 atom stereocenters. The van der Waals surface area contributed by atoms with Gasteiger partial charge in [-0.2, -0.15) is 0 Å². The lowest BCUT2D eigenvalue weighted by Gasteiger charge is -2.06. The van der Waals surface area contributed by atoms with Crippen LogP contribution in [-0.4, -0.2) is 18.8 Å². The summed E-state index contributed by atoms with van der Waals surface area (Å²) in [5.41, 5.74) is 0.903. The Morgan fingerprint density at radius 1 is 1.42 bits per heavy atom. The number of hydrogen-bond acceptors (Lipinski definition) is 2. The number of hydrogen-bond donors (Lipinski definition) is 1. The highest BCUT2D eigenvalue weighted by molar-refractivity contribution is 6.20. The first-order valence-corrected chi connectivity index (χ1v) is 4.10. The molecule has 1 N–H and O–H groups in total. The van der Waals surface area contributed by atoms with E-state index in [4.69, 9.17) is 21.4 Å². The molecule has 12 heavy (non-hydrogen) atoms. The van der Waals surface area contributed by atoms with Crippen molar-refractivity contribution in [3.8, 4) is 5.75 Å². The lowest BCUT2D eigenvalue weighted by Crippen LogP contribution is -1.95. The Kier molecular flexibility index (Phi) is 3.38. The lowest BCUT2D eigenvalue weighted by atomic mass is 10.1. The number of halogens is 1. The van der Waals surface area contributed by atoms with E-state index in [9.17, 15) is 0 Å². The predicted octanol–water partition coefficient (Wildman–Crippen LogP) is 1.97. The molecule has 1 aromatic rings. The Hall–Kier alpha value is -0.730. The van der Waals surface area contributed by atoms with Gasteiger partial charge in [0.2, 0.25) is 0 Å². The standard InChI is InChI=1S/C9H11ClO2/c1-12-8-4-2-7(3-5-8)9(10)6-11/h2-5,9,11H,6H2,1H3. The van der Waals surface area contributed by atoms with Crippen molar-refractivity contribution >= 4 is 11.6 Å². The Bertz CT molecular complexity index is 233. The predicted molar refractivity (Wildman–Crippen MR) is 48.7 cm³/mol. The molecule has 2 nitrogen and oxygen atoms in total. The summed E-state index contributed by atoms with van der Waals surface area (Å²) in [7, 11) is 1.61. The maximum Gasteiger partial charge on any atom is 0.118 e. The number of rotatable bonds is 3. The molecule has 0 aromatic heterocycles. The minimum Gasteiger partial charge on any atom is -0.497 e. The topological polar surface area (TPSA) is 29.5 Å². The van der Waals surface area contributed by atoms with Gasteiger partial charge in [-0.1, -0.05) is 12.1 Å². The van der Waals surface area contributed by atoms with E-state index in [2.05, 4.69) is 0 Å². The molecule has 0 amide bonds. The summed E-state index contributed by atoms with van der Waals surface area (Å²) in [6.45, 7) is -0.0477. The third-order valence-electron chi connectivity index (χ3n) is 1.64. The molecule has 0 aliphatic rings. The van der Waals surface area contributed by atoms with Gasteiger partial charge in [-0.25, -0.2) is 0 Å². The van der Waals surface area contributed by atoms with Crippen molar-refractivity contribution in [1.82, 2.24) is 0 Å². The number of aliphatic hydroxyl groups excluding tert-OH is 1. The molecular formula is C9H11ClO2. The largest absolute Gasteiger partial charge is 0.497 e. The van der Waals surface area contributed by atoms with Crippen LogP contribution in [0.25, 0.3) is 0 Å². The zero-order chi connectivity index (χ0) is 8.97. The molecule has 0 saturated carbocycles. The van der Waals surface area contributed by atoms with Gasteiger partial charge < -0.3 is 9.84 Å². The second kappa shape index (κ2) is 4.33. The molecule has 1 aromatic carbocycles. The van der Waals surface area contributed by atoms with Crippen LogP contribution in [0, 0.1) is 0 Å². The molecule has 0 saturated heterocycles. The van der Waals surface area contributed by atoms with E-state index in [0.717, 1.165) is 11.3 Å². The summed E-state index contributed by atoms with van der Waals surface area (Å²) in [6, 6.07) is 7.32. The summed E-state index contributed by atoms with van der Waals surface area (Å²) in [5, 5.41) is 8.43. The maximum absolute atomic E-state index is 8.75. The van der Waals surface area contributed by atoms with Crippen LogP contribution in [0.5, 0.6) is 5.75 Å². The van der Waals surface area contributed by atoms with Crippen molar-refractivity contribution in [3.63, 3.8) is 0 Å².